The molecule has 0 fully saturated rings. The Morgan fingerprint density at radius 2 is 2.50 bits per heavy atom. The predicted octanol–water partition coefficient (Wildman–Crippen LogP) is 0.675. The Morgan fingerprint density at radius 3 is 3.00 bits per heavy atom. The third kappa shape index (κ3) is 1.86. The molecule has 0 spiro atoms. The molecule has 1 rings (SSSR count). The molecule has 0 aliphatic carbocycles. The minimum atomic E-state index is 0.684. The van der Waals surface area contributed by atoms with Gasteiger partial charge in [0.1, 0.15) is 0 Å². The van der Waals surface area contributed by atoms with Crippen molar-refractivity contribution in [2.24, 2.45) is 0 Å². The van der Waals surface area contributed by atoms with Crippen molar-refractivity contribution in [3.05, 3.63) is 34.5 Å². The zero-order valence-electron chi connectivity index (χ0n) is 6.96. The number of aromatic nitrogens is 1. The van der Waals surface area contributed by atoms with Gasteiger partial charge in [0.15, 0.2) is 0 Å². The van der Waals surface area contributed by atoms with E-state index in [0.717, 1.165) is 10.6 Å². The topological polar surface area (TPSA) is 39.6 Å². The molecule has 1 N–H and O–H groups in total. The quantitative estimate of drug-likeness (QED) is 0.600. The Morgan fingerprint density at radius 1 is 1.75 bits per heavy atom. The van der Waals surface area contributed by atoms with Crippen molar-refractivity contribution in [2.45, 2.75) is 6.92 Å². The highest BCUT2D eigenvalue weighted by molar-refractivity contribution is 5.41. The highest BCUT2D eigenvalue weighted by Gasteiger charge is 1.81. The smallest absolute Gasteiger partial charge is 0.0944 e. The van der Waals surface area contributed by atoms with Crippen LogP contribution in [0.2, 0.25) is 0 Å². The molecular formula is C10H10N2. The summed E-state index contributed by atoms with van der Waals surface area (Å²) >= 11 is 0. The van der Waals surface area contributed by atoms with Gasteiger partial charge in [-0.2, -0.15) is 5.26 Å². The Hall–Kier alpha value is -1.75. The molecule has 0 atom stereocenters. The molecular weight excluding hydrogens is 148 g/mol. The molecule has 2 nitrogen and oxygen atoms in total. The predicted molar refractivity (Wildman–Crippen MR) is 49.4 cm³/mol. The first-order valence-electron chi connectivity index (χ1n) is 3.65. The zero-order chi connectivity index (χ0) is 8.97. The Bertz CT molecular complexity index is 429. The SMILES string of the molecule is C=c1cc[nH]/c1=C/C=C(\C)C#N. The van der Waals surface area contributed by atoms with Gasteiger partial charge in [-0.25, -0.2) is 0 Å². The number of nitriles is 1. The standard InChI is InChI=1S/C10H10N2/c1-8(7-11)3-4-10-9(2)5-6-12-10/h3-6,12H,2H2,1H3/b8-3+,10-4+. The van der Waals surface area contributed by atoms with Crippen molar-refractivity contribution in [1.29, 1.82) is 5.26 Å². The summed E-state index contributed by atoms with van der Waals surface area (Å²) in [5.74, 6) is 0. The van der Waals surface area contributed by atoms with Crippen LogP contribution in [0.3, 0.4) is 0 Å². The van der Waals surface area contributed by atoms with Crippen molar-refractivity contribution in [2.75, 3.05) is 0 Å². The normalized spacial score (nSPS) is 13.0. The first kappa shape index (κ1) is 8.35. The first-order chi connectivity index (χ1) is 5.74. The summed E-state index contributed by atoms with van der Waals surface area (Å²) in [5.41, 5.74) is 0.684. The number of H-pyrrole nitrogens is 1. The van der Waals surface area contributed by atoms with Crippen LogP contribution in [0.4, 0.5) is 0 Å². The first-order valence-corrected chi connectivity index (χ1v) is 3.65. The third-order valence-electron chi connectivity index (χ3n) is 1.55. The van der Waals surface area contributed by atoms with Crippen molar-refractivity contribution in [1.82, 2.24) is 4.98 Å². The van der Waals surface area contributed by atoms with Crippen molar-refractivity contribution in [3.63, 3.8) is 0 Å². The summed E-state index contributed by atoms with van der Waals surface area (Å²) < 4.78 is 0. The van der Waals surface area contributed by atoms with Crippen LogP contribution in [0.1, 0.15) is 6.92 Å². The molecule has 2 heteroatoms. The van der Waals surface area contributed by atoms with Crippen LogP contribution in [-0.2, 0) is 0 Å². The van der Waals surface area contributed by atoms with Crippen LogP contribution in [0.15, 0.2) is 23.9 Å². The van der Waals surface area contributed by atoms with Gasteiger partial charge in [-0.3, -0.25) is 0 Å². The number of nitrogens with one attached hydrogen (secondary N) is 1. The summed E-state index contributed by atoms with van der Waals surface area (Å²) in [5, 5.41) is 10.4. The van der Waals surface area contributed by atoms with Gasteiger partial charge < -0.3 is 4.98 Å². The lowest BCUT2D eigenvalue weighted by Gasteiger charge is -1.78. The molecule has 0 bridgehead atoms. The van der Waals surface area contributed by atoms with E-state index in [-0.39, 0.29) is 0 Å². The summed E-state index contributed by atoms with van der Waals surface area (Å²) in [4.78, 5) is 3.01. The molecule has 0 saturated heterocycles. The van der Waals surface area contributed by atoms with Crippen LogP contribution in [0.5, 0.6) is 0 Å². The average Bonchev–Trinajstić information content (AvgIpc) is 2.47. The summed E-state index contributed by atoms with van der Waals surface area (Å²) in [6.07, 6.45) is 5.44. The van der Waals surface area contributed by atoms with Gasteiger partial charge >= 0.3 is 0 Å². The number of allylic oxidation sites excluding steroid dienone is 2. The highest BCUT2D eigenvalue weighted by Crippen LogP contribution is 1.87. The van der Waals surface area contributed by atoms with E-state index < -0.39 is 0 Å². The van der Waals surface area contributed by atoms with E-state index in [1.54, 1.807) is 13.0 Å². The summed E-state index contributed by atoms with van der Waals surface area (Å²) in [6, 6.07) is 3.93. The number of hydrogen-bond donors (Lipinski definition) is 1. The minimum Gasteiger partial charge on any atom is -0.361 e. The average molecular weight is 158 g/mol. The monoisotopic (exact) mass is 158 g/mol. The van der Waals surface area contributed by atoms with E-state index in [1.165, 1.54) is 0 Å². The van der Waals surface area contributed by atoms with Gasteiger partial charge in [0.25, 0.3) is 0 Å². The molecule has 0 aromatic carbocycles. The molecule has 12 heavy (non-hydrogen) atoms. The van der Waals surface area contributed by atoms with Gasteiger partial charge in [-0.15, -0.1) is 0 Å². The lowest BCUT2D eigenvalue weighted by atomic mass is 10.3. The van der Waals surface area contributed by atoms with Crippen LogP contribution in [-0.4, -0.2) is 4.98 Å². The molecule has 1 aromatic heterocycles. The van der Waals surface area contributed by atoms with Gasteiger partial charge in [-0.1, -0.05) is 6.58 Å². The molecule has 1 heterocycles. The van der Waals surface area contributed by atoms with E-state index in [4.69, 9.17) is 5.26 Å². The van der Waals surface area contributed by atoms with Crippen LogP contribution in [0.25, 0.3) is 12.7 Å². The molecule has 1 aromatic rings. The maximum atomic E-state index is 8.47. The fourth-order valence-electron chi connectivity index (χ4n) is 0.815. The number of rotatable bonds is 1. The Balaban J connectivity index is 3.10. The Labute approximate surface area is 71.2 Å². The largest absolute Gasteiger partial charge is 0.361 e. The Kier molecular flexibility index (Phi) is 2.49. The molecule has 0 saturated carbocycles. The van der Waals surface area contributed by atoms with Gasteiger partial charge in [0, 0.05) is 17.1 Å². The molecule has 0 unspecified atom stereocenters. The molecule has 0 aliphatic rings. The lowest BCUT2D eigenvalue weighted by molar-refractivity contribution is 1.32. The second-order valence-corrected chi connectivity index (χ2v) is 2.54. The minimum absolute atomic E-state index is 0.684. The molecule has 60 valence electrons. The van der Waals surface area contributed by atoms with E-state index in [0.29, 0.717) is 5.57 Å². The van der Waals surface area contributed by atoms with Crippen LogP contribution < -0.4 is 10.6 Å². The zero-order valence-corrected chi connectivity index (χ0v) is 6.96. The highest BCUT2D eigenvalue weighted by atomic mass is 14.6. The van der Waals surface area contributed by atoms with Gasteiger partial charge in [0.05, 0.1) is 6.07 Å². The van der Waals surface area contributed by atoms with Crippen LogP contribution >= 0.6 is 0 Å². The van der Waals surface area contributed by atoms with E-state index in [9.17, 15) is 0 Å². The summed E-state index contributed by atoms with van der Waals surface area (Å²) in [7, 11) is 0. The fourth-order valence-corrected chi connectivity index (χ4v) is 0.815. The second-order valence-electron chi connectivity index (χ2n) is 2.54. The lowest BCUT2D eigenvalue weighted by Crippen LogP contribution is -2.19. The van der Waals surface area contributed by atoms with Crippen LogP contribution in [0, 0.1) is 11.3 Å². The maximum absolute atomic E-state index is 8.47. The molecule has 0 radical (unpaired) electrons. The third-order valence-corrected chi connectivity index (χ3v) is 1.55. The van der Waals surface area contributed by atoms with Gasteiger partial charge in [-0.05, 0) is 30.4 Å². The maximum Gasteiger partial charge on any atom is 0.0944 e. The van der Waals surface area contributed by atoms with E-state index in [1.807, 2.05) is 24.4 Å². The second kappa shape index (κ2) is 3.59. The van der Waals surface area contributed by atoms with E-state index >= 15 is 0 Å². The summed E-state index contributed by atoms with van der Waals surface area (Å²) in [6.45, 7) is 5.58. The number of aromatic amines is 1. The van der Waals surface area contributed by atoms with Crippen molar-refractivity contribution >= 4 is 12.7 Å². The molecule has 0 aliphatic heterocycles. The number of nitrogens with zero attached hydrogens (tertiary/aromatic N) is 1. The van der Waals surface area contributed by atoms with Gasteiger partial charge in [0.2, 0.25) is 0 Å². The van der Waals surface area contributed by atoms with Crippen molar-refractivity contribution < 1.29 is 0 Å². The van der Waals surface area contributed by atoms with E-state index in [2.05, 4.69) is 11.6 Å². The fraction of sp³-hybridized carbons (Fsp3) is 0.100. The van der Waals surface area contributed by atoms with Crippen molar-refractivity contribution in [3.8, 4) is 6.07 Å². The molecule has 0 amide bonds. The number of hydrogen-bond acceptors (Lipinski definition) is 1.